The van der Waals surface area contributed by atoms with Crippen molar-refractivity contribution in [2.45, 2.75) is 20.0 Å². The van der Waals surface area contributed by atoms with Gasteiger partial charge >= 0.3 is 6.18 Å². The number of rotatable bonds is 4. The van der Waals surface area contributed by atoms with Crippen LogP contribution in [0.5, 0.6) is 0 Å². The molecule has 0 unspecified atom stereocenters. The first kappa shape index (κ1) is 26.2. The van der Waals surface area contributed by atoms with Gasteiger partial charge in [0.05, 0.1) is 23.8 Å². The Hall–Kier alpha value is -5.37. The zero-order chi connectivity index (χ0) is 28.4. The molecular formula is C29H21F3N6O2. The smallest absolute Gasteiger partial charge is 0.323 e. The lowest BCUT2D eigenvalue weighted by atomic mass is 10.0. The van der Waals surface area contributed by atoms with Crippen LogP contribution in [0.25, 0.3) is 11.3 Å². The minimum atomic E-state index is -4.61. The number of nitrogens with one attached hydrogen (secondary N) is 2. The van der Waals surface area contributed by atoms with Crippen molar-refractivity contribution < 1.29 is 22.8 Å². The van der Waals surface area contributed by atoms with Gasteiger partial charge in [0.1, 0.15) is 5.69 Å². The van der Waals surface area contributed by atoms with E-state index in [0.717, 1.165) is 17.7 Å². The Labute approximate surface area is 226 Å². The van der Waals surface area contributed by atoms with Crippen LogP contribution in [-0.4, -0.2) is 30.8 Å². The second-order valence-electron chi connectivity index (χ2n) is 8.91. The number of carbonyl (C=O) groups is 2. The van der Waals surface area contributed by atoms with Crippen LogP contribution in [0.15, 0.2) is 79.6 Å². The van der Waals surface area contributed by atoms with Crippen LogP contribution < -0.4 is 10.6 Å². The molecule has 5 aromatic rings. The molecule has 0 atom stereocenters. The summed E-state index contributed by atoms with van der Waals surface area (Å²) < 4.78 is 43.8. The van der Waals surface area contributed by atoms with Gasteiger partial charge in [-0.3, -0.25) is 14.0 Å². The number of hydrogen-bond acceptors (Lipinski definition) is 4. The number of pyridine rings is 1. The molecule has 0 spiro atoms. The molecule has 0 aliphatic heterocycles. The first-order chi connectivity index (χ1) is 19.1. The molecule has 0 aliphatic rings. The van der Waals surface area contributed by atoms with E-state index >= 15 is 0 Å². The van der Waals surface area contributed by atoms with Crippen molar-refractivity contribution in [3.63, 3.8) is 0 Å². The van der Waals surface area contributed by atoms with Crippen molar-refractivity contribution >= 4 is 28.8 Å². The number of nitrogens with zero attached hydrogens (tertiary/aromatic N) is 4. The van der Waals surface area contributed by atoms with E-state index in [4.69, 9.17) is 0 Å². The van der Waals surface area contributed by atoms with Crippen LogP contribution in [0.4, 0.5) is 24.5 Å². The number of alkyl halides is 3. The van der Waals surface area contributed by atoms with Crippen LogP contribution in [-0.2, 0) is 11.0 Å². The number of amides is 2. The number of halogens is 3. The topological polar surface area (TPSA) is 93.3 Å². The molecule has 0 radical (unpaired) electrons. The van der Waals surface area contributed by atoms with E-state index in [2.05, 4.69) is 32.4 Å². The Morgan fingerprint density at radius 2 is 1.82 bits per heavy atom. The molecule has 2 aromatic carbocycles. The normalized spacial score (nSPS) is 11.1. The van der Waals surface area contributed by atoms with Gasteiger partial charge in [0.25, 0.3) is 5.91 Å². The molecule has 40 heavy (non-hydrogen) atoms. The van der Waals surface area contributed by atoms with Crippen molar-refractivity contribution in [3.8, 4) is 17.5 Å². The molecule has 0 fully saturated rings. The molecule has 8 nitrogen and oxygen atoms in total. The maximum atomic E-state index is 13.5. The fourth-order valence-corrected chi connectivity index (χ4v) is 4.03. The van der Waals surface area contributed by atoms with Crippen LogP contribution in [0.2, 0.25) is 0 Å². The SMILES string of the molecule is CC(=O)Nc1cccn2c(C#Cc3cc(C(=O)Nc4cc(-n5ccnc5)cc(C(F)(F)F)c4)ccc3C)cnc12. The predicted octanol–water partition coefficient (Wildman–Crippen LogP) is 5.46. The highest BCUT2D eigenvalue weighted by Gasteiger charge is 2.31. The third kappa shape index (κ3) is 5.56. The molecule has 0 saturated heterocycles. The lowest BCUT2D eigenvalue weighted by Crippen LogP contribution is -2.14. The number of benzene rings is 2. The van der Waals surface area contributed by atoms with Crippen molar-refractivity contribution in [3.05, 3.63) is 108 Å². The molecule has 11 heteroatoms. The summed E-state index contributed by atoms with van der Waals surface area (Å²) in [5, 5.41) is 5.29. The number of carbonyl (C=O) groups excluding carboxylic acids is 2. The molecule has 2 N–H and O–H groups in total. The van der Waals surface area contributed by atoms with Crippen molar-refractivity contribution in [1.82, 2.24) is 18.9 Å². The summed E-state index contributed by atoms with van der Waals surface area (Å²) in [7, 11) is 0. The van der Waals surface area contributed by atoms with Gasteiger partial charge in [-0.15, -0.1) is 0 Å². The molecule has 0 aliphatic carbocycles. The number of anilines is 2. The molecular weight excluding hydrogens is 521 g/mol. The van der Waals surface area contributed by atoms with E-state index in [1.54, 1.807) is 47.1 Å². The van der Waals surface area contributed by atoms with E-state index in [-0.39, 0.29) is 22.8 Å². The van der Waals surface area contributed by atoms with Gasteiger partial charge in [0, 0.05) is 48.0 Å². The Bertz CT molecular complexity index is 1810. The Kier molecular flexibility index (Phi) is 6.83. The van der Waals surface area contributed by atoms with Crippen LogP contribution in [0, 0.1) is 18.8 Å². The molecule has 200 valence electrons. The second-order valence-corrected chi connectivity index (χ2v) is 8.91. The van der Waals surface area contributed by atoms with Gasteiger partial charge in [-0.05, 0) is 60.9 Å². The Morgan fingerprint density at radius 3 is 2.55 bits per heavy atom. The van der Waals surface area contributed by atoms with Gasteiger partial charge in [-0.2, -0.15) is 13.2 Å². The number of hydrogen-bond donors (Lipinski definition) is 2. The van der Waals surface area contributed by atoms with Gasteiger partial charge in [-0.25, -0.2) is 9.97 Å². The second kappa shape index (κ2) is 10.4. The number of aryl methyl sites for hydroxylation is 1. The highest BCUT2D eigenvalue weighted by atomic mass is 19.4. The summed E-state index contributed by atoms with van der Waals surface area (Å²) in [4.78, 5) is 32.8. The van der Waals surface area contributed by atoms with Gasteiger partial charge in [0.2, 0.25) is 5.91 Å². The van der Waals surface area contributed by atoms with Crippen molar-refractivity contribution in [2.24, 2.45) is 0 Å². The Balaban J connectivity index is 1.43. The summed E-state index contributed by atoms with van der Waals surface area (Å²) in [5.41, 5.74) is 2.51. The van der Waals surface area contributed by atoms with E-state index < -0.39 is 17.6 Å². The van der Waals surface area contributed by atoms with E-state index in [1.807, 2.05) is 6.92 Å². The standard InChI is InChI=1S/C29H21F3N6O2/c1-18-5-6-21(12-20(18)7-8-24-16-34-27-26(35-19(2)39)4-3-10-38(24)27)28(40)36-23-13-22(29(30,31)32)14-25(15-23)37-11-9-33-17-37/h3-6,9-17H,1-2H3,(H,35,39)(H,36,40). The molecule has 0 saturated carbocycles. The lowest BCUT2D eigenvalue weighted by Gasteiger charge is -2.14. The van der Waals surface area contributed by atoms with Crippen molar-refractivity contribution in [2.75, 3.05) is 10.6 Å². The highest BCUT2D eigenvalue weighted by molar-refractivity contribution is 6.04. The predicted molar refractivity (Wildman–Crippen MR) is 143 cm³/mol. The largest absolute Gasteiger partial charge is 0.416 e. The minimum absolute atomic E-state index is 0.0163. The van der Waals surface area contributed by atoms with E-state index in [0.29, 0.717) is 22.6 Å². The first-order valence-electron chi connectivity index (χ1n) is 12.0. The zero-order valence-corrected chi connectivity index (χ0v) is 21.2. The average molecular weight is 543 g/mol. The quantitative estimate of drug-likeness (QED) is 0.295. The zero-order valence-electron chi connectivity index (χ0n) is 21.2. The fourth-order valence-electron chi connectivity index (χ4n) is 4.03. The average Bonchev–Trinajstić information content (AvgIpc) is 3.58. The number of aromatic nitrogens is 4. The summed E-state index contributed by atoms with van der Waals surface area (Å²) >= 11 is 0. The monoisotopic (exact) mass is 542 g/mol. The summed E-state index contributed by atoms with van der Waals surface area (Å²) in [5.74, 6) is 5.27. The van der Waals surface area contributed by atoms with Crippen molar-refractivity contribution in [1.29, 1.82) is 0 Å². The third-order valence-electron chi connectivity index (χ3n) is 5.98. The van der Waals surface area contributed by atoms with Crippen LogP contribution in [0.1, 0.15) is 39.7 Å². The molecule has 3 heterocycles. The molecule has 2 amide bonds. The van der Waals surface area contributed by atoms with Gasteiger partial charge < -0.3 is 15.2 Å². The van der Waals surface area contributed by atoms with E-state index in [9.17, 15) is 22.8 Å². The first-order valence-corrected chi connectivity index (χ1v) is 12.0. The minimum Gasteiger partial charge on any atom is -0.323 e. The van der Waals surface area contributed by atoms with E-state index in [1.165, 1.54) is 36.3 Å². The third-order valence-corrected chi connectivity index (χ3v) is 5.98. The molecule has 5 rings (SSSR count). The van der Waals surface area contributed by atoms with Crippen LogP contribution >= 0.6 is 0 Å². The summed E-state index contributed by atoms with van der Waals surface area (Å²) in [6.45, 7) is 3.24. The fraction of sp³-hybridized carbons (Fsp3) is 0.103. The highest BCUT2D eigenvalue weighted by Crippen LogP contribution is 2.33. The maximum Gasteiger partial charge on any atom is 0.416 e. The maximum absolute atomic E-state index is 13.5. The Morgan fingerprint density at radius 1 is 1.00 bits per heavy atom. The number of imidazole rings is 2. The summed E-state index contributed by atoms with van der Waals surface area (Å²) in [6.07, 6.45) is 3.06. The lowest BCUT2D eigenvalue weighted by molar-refractivity contribution is -0.137. The number of fused-ring (bicyclic) bond motifs is 1. The van der Waals surface area contributed by atoms with Gasteiger partial charge in [-0.1, -0.05) is 12.0 Å². The van der Waals surface area contributed by atoms with Crippen LogP contribution in [0.3, 0.4) is 0 Å². The van der Waals surface area contributed by atoms with Gasteiger partial charge in [0.15, 0.2) is 5.65 Å². The molecule has 3 aromatic heterocycles. The molecule has 0 bridgehead atoms. The summed E-state index contributed by atoms with van der Waals surface area (Å²) in [6, 6.07) is 11.7.